The third kappa shape index (κ3) is 3.56. The van der Waals surface area contributed by atoms with Crippen LogP contribution in [0.25, 0.3) is 0 Å². The molecule has 0 unspecified atom stereocenters. The van der Waals surface area contributed by atoms with E-state index in [9.17, 15) is 9.59 Å². The molecule has 138 valence electrons. The Kier molecular flexibility index (Phi) is 5.42. The summed E-state index contributed by atoms with van der Waals surface area (Å²) in [6.07, 6.45) is 4.03. The molecule has 0 aromatic carbocycles. The van der Waals surface area contributed by atoms with Gasteiger partial charge in [0.15, 0.2) is 5.69 Å². The van der Waals surface area contributed by atoms with Crippen molar-refractivity contribution < 1.29 is 18.8 Å². The molecule has 3 rings (SSSR count). The number of ether oxygens (including phenoxy) is 1. The van der Waals surface area contributed by atoms with Gasteiger partial charge in [0.2, 0.25) is 5.91 Å². The van der Waals surface area contributed by atoms with Gasteiger partial charge in [0, 0.05) is 39.7 Å². The van der Waals surface area contributed by atoms with Gasteiger partial charge in [0.05, 0.1) is 12.2 Å². The monoisotopic (exact) mass is 349 g/mol. The molecule has 0 bridgehead atoms. The summed E-state index contributed by atoms with van der Waals surface area (Å²) in [6, 6.07) is 0.251. The first-order valence-corrected chi connectivity index (χ1v) is 9.03. The van der Waals surface area contributed by atoms with Crippen molar-refractivity contribution in [1.29, 1.82) is 0 Å². The molecule has 0 N–H and O–H groups in total. The minimum atomic E-state index is -0.0963. The summed E-state index contributed by atoms with van der Waals surface area (Å²) in [5, 5.41) is 3.96. The fraction of sp³-hybridized carbons (Fsp3) is 0.722. The molecule has 0 aliphatic carbocycles. The number of carbonyl (C=O) groups is 2. The highest BCUT2D eigenvalue weighted by Gasteiger charge is 2.38. The van der Waals surface area contributed by atoms with E-state index in [1.54, 1.807) is 21.0 Å². The molecular weight excluding hydrogens is 322 g/mol. The van der Waals surface area contributed by atoms with Crippen molar-refractivity contribution in [3.05, 3.63) is 17.0 Å². The van der Waals surface area contributed by atoms with Crippen molar-refractivity contribution in [3.63, 3.8) is 0 Å². The minimum Gasteiger partial charge on any atom is -0.380 e. The van der Waals surface area contributed by atoms with Gasteiger partial charge in [-0.1, -0.05) is 11.6 Å². The lowest BCUT2D eigenvalue weighted by Crippen LogP contribution is -2.53. The molecule has 2 fully saturated rings. The van der Waals surface area contributed by atoms with Gasteiger partial charge in [0.25, 0.3) is 5.91 Å². The van der Waals surface area contributed by atoms with Gasteiger partial charge in [0.1, 0.15) is 5.76 Å². The van der Waals surface area contributed by atoms with Crippen LogP contribution < -0.4 is 0 Å². The van der Waals surface area contributed by atoms with E-state index in [1.165, 1.54) is 0 Å². The molecular formula is C18H27N3O4. The fourth-order valence-electron chi connectivity index (χ4n) is 4.17. The van der Waals surface area contributed by atoms with Crippen LogP contribution in [0.5, 0.6) is 0 Å². The molecule has 2 saturated heterocycles. The summed E-state index contributed by atoms with van der Waals surface area (Å²) in [5.41, 5.74) is 1.08. The van der Waals surface area contributed by atoms with Crippen molar-refractivity contribution in [2.24, 2.45) is 5.92 Å². The number of methoxy groups -OCH3 is 1. The molecule has 7 heteroatoms. The number of hydrogen-bond donors (Lipinski definition) is 0. The van der Waals surface area contributed by atoms with Crippen molar-refractivity contribution in [2.45, 2.75) is 52.2 Å². The second-order valence-electron chi connectivity index (χ2n) is 7.07. The van der Waals surface area contributed by atoms with Crippen molar-refractivity contribution in [3.8, 4) is 0 Å². The van der Waals surface area contributed by atoms with Gasteiger partial charge < -0.3 is 19.1 Å². The lowest BCUT2D eigenvalue weighted by atomic mass is 9.88. The lowest BCUT2D eigenvalue weighted by Gasteiger charge is -2.42. The average Bonchev–Trinajstić information content (AvgIpc) is 2.83. The predicted octanol–water partition coefficient (Wildman–Crippen LogP) is 1.99. The van der Waals surface area contributed by atoms with Gasteiger partial charge in [-0.3, -0.25) is 9.59 Å². The molecule has 0 spiro atoms. The number of fused-ring (bicyclic) bond motifs is 1. The first-order chi connectivity index (χ1) is 12.0. The van der Waals surface area contributed by atoms with Crippen molar-refractivity contribution in [2.75, 3.05) is 26.7 Å². The van der Waals surface area contributed by atoms with Crippen LogP contribution in [0.3, 0.4) is 0 Å². The van der Waals surface area contributed by atoms with Gasteiger partial charge in [-0.2, -0.15) is 0 Å². The maximum atomic E-state index is 13.0. The highest BCUT2D eigenvalue weighted by molar-refractivity contribution is 5.94. The average molecular weight is 349 g/mol. The Bertz CT molecular complexity index is 642. The Morgan fingerprint density at radius 2 is 2.08 bits per heavy atom. The van der Waals surface area contributed by atoms with Crippen molar-refractivity contribution >= 4 is 11.8 Å². The maximum Gasteiger partial charge on any atom is 0.276 e. The zero-order valence-electron chi connectivity index (χ0n) is 15.3. The summed E-state index contributed by atoms with van der Waals surface area (Å²) in [7, 11) is 1.59. The van der Waals surface area contributed by atoms with Gasteiger partial charge in [-0.15, -0.1) is 0 Å². The number of aryl methyl sites for hydroxylation is 1. The van der Waals surface area contributed by atoms with E-state index >= 15 is 0 Å². The van der Waals surface area contributed by atoms with E-state index < -0.39 is 0 Å². The van der Waals surface area contributed by atoms with Gasteiger partial charge in [-0.25, -0.2) is 0 Å². The Balaban J connectivity index is 1.75. The number of aromatic nitrogens is 1. The molecule has 2 atom stereocenters. The summed E-state index contributed by atoms with van der Waals surface area (Å²) >= 11 is 0. The van der Waals surface area contributed by atoms with E-state index in [0.717, 1.165) is 37.8 Å². The summed E-state index contributed by atoms with van der Waals surface area (Å²) in [6.45, 7) is 5.91. The normalized spacial score (nSPS) is 24.0. The van der Waals surface area contributed by atoms with E-state index in [0.29, 0.717) is 37.1 Å². The standard InChI is InChI=1S/C18H27N3O4/c1-12-15(11-24-3)17(19-25-12)18(23)20-9-7-16-14(10-20)6-4-5-8-21(16)13(2)22/h14,16H,4-11H2,1-3H3/t14-,16+/m0/s1. The quantitative estimate of drug-likeness (QED) is 0.834. The Morgan fingerprint density at radius 3 is 2.80 bits per heavy atom. The molecule has 2 aliphatic heterocycles. The lowest BCUT2D eigenvalue weighted by molar-refractivity contribution is -0.132. The molecule has 3 heterocycles. The molecule has 1 aromatic rings. The molecule has 25 heavy (non-hydrogen) atoms. The fourth-order valence-corrected chi connectivity index (χ4v) is 4.17. The Hall–Kier alpha value is -1.89. The highest BCUT2D eigenvalue weighted by atomic mass is 16.5. The van der Waals surface area contributed by atoms with E-state index in [-0.39, 0.29) is 17.9 Å². The number of nitrogens with zero attached hydrogens (tertiary/aromatic N) is 3. The number of rotatable bonds is 3. The first kappa shape index (κ1) is 17.9. The third-order valence-corrected chi connectivity index (χ3v) is 5.49. The van der Waals surface area contributed by atoms with Gasteiger partial charge >= 0.3 is 0 Å². The second-order valence-corrected chi connectivity index (χ2v) is 7.07. The van der Waals surface area contributed by atoms with Gasteiger partial charge in [-0.05, 0) is 32.1 Å². The Morgan fingerprint density at radius 1 is 1.28 bits per heavy atom. The zero-order chi connectivity index (χ0) is 18.0. The third-order valence-electron chi connectivity index (χ3n) is 5.49. The molecule has 0 radical (unpaired) electrons. The van der Waals surface area contributed by atoms with Crippen LogP contribution in [0.4, 0.5) is 0 Å². The highest BCUT2D eigenvalue weighted by Crippen LogP contribution is 2.31. The topological polar surface area (TPSA) is 75.9 Å². The smallest absolute Gasteiger partial charge is 0.276 e. The van der Waals surface area contributed by atoms with Crippen LogP contribution in [-0.2, 0) is 16.1 Å². The molecule has 2 amide bonds. The number of carbonyl (C=O) groups excluding carboxylic acids is 2. The number of amides is 2. The SMILES string of the molecule is COCc1c(C(=O)N2CC[C@@H]3[C@@H](CCCCN3C(C)=O)C2)noc1C. The van der Waals surface area contributed by atoms with Crippen LogP contribution in [0.1, 0.15) is 54.4 Å². The number of likely N-dealkylation sites (tertiary alicyclic amines) is 2. The first-order valence-electron chi connectivity index (χ1n) is 9.03. The van der Waals surface area contributed by atoms with E-state index in [1.807, 2.05) is 9.80 Å². The zero-order valence-corrected chi connectivity index (χ0v) is 15.3. The van der Waals surface area contributed by atoms with Crippen LogP contribution in [-0.4, -0.2) is 59.6 Å². The van der Waals surface area contributed by atoms with E-state index in [2.05, 4.69) is 5.16 Å². The number of hydrogen-bond acceptors (Lipinski definition) is 5. The molecule has 7 nitrogen and oxygen atoms in total. The second kappa shape index (κ2) is 7.56. The van der Waals surface area contributed by atoms with Crippen LogP contribution in [0.2, 0.25) is 0 Å². The Labute approximate surface area is 148 Å². The summed E-state index contributed by atoms with van der Waals surface area (Å²) < 4.78 is 10.4. The van der Waals surface area contributed by atoms with Crippen molar-refractivity contribution in [1.82, 2.24) is 15.0 Å². The largest absolute Gasteiger partial charge is 0.380 e. The summed E-state index contributed by atoms with van der Waals surface area (Å²) in [4.78, 5) is 28.8. The molecule has 1 aromatic heterocycles. The minimum absolute atomic E-state index is 0.0963. The predicted molar refractivity (Wildman–Crippen MR) is 91.0 cm³/mol. The molecule has 0 saturated carbocycles. The maximum absolute atomic E-state index is 13.0. The van der Waals surface area contributed by atoms with E-state index in [4.69, 9.17) is 9.26 Å². The van der Waals surface area contributed by atoms with Crippen LogP contribution in [0, 0.1) is 12.8 Å². The number of piperidine rings is 1. The molecule has 2 aliphatic rings. The summed E-state index contributed by atoms with van der Waals surface area (Å²) in [5.74, 6) is 1.01. The van der Waals surface area contributed by atoms with Crippen LogP contribution in [0.15, 0.2) is 4.52 Å². The van der Waals surface area contributed by atoms with Crippen LogP contribution >= 0.6 is 0 Å².